The van der Waals surface area contributed by atoms with Crippen LogP contribution in [0.25, 0.3) is 0 Å². The van der Waals surface area contributed by atoms with Crippen LogP contribution < -0.4 is 11.1 Å². The molecule has 0 spiro atoms. The van der Waals surface area contributed by atoms with Gasteiger partial charge in [0.05, 0.1) is 6.04 Å². The maximum absolute atomic E-state index is 11.4. The molecule has 1 aromatic heterocycles. The quantitative estimate of drug-likeness (QED) is 0.843. The number of aryl methyl sites for hydroxylation is 1. The number of thiophene rings is 1. The molecule has 3 nitrogen and oxygen atoms in total. The minimum atomic E-state index is -0.444. The molecule has 0 radical (unpaired) electrons. The fourth-order valence-corrected chi connectivity index (χ4v) is 2.67. The van der Waals surface area contributed by atoms with Crippen molar-refractivity contribution in [2.24, 2.45) is 5.73 Å². The third kappa shape index (κ3) is 3.06. The zero-order valence-electron chi connectivity index (χ0n) is 10.3. The van der Waals surface area contributed by atoms with Gasteiger partial charge in [-0.2, -0.15) is 0 Å². The van der Waals surface area contributed by atoms with E-state index in [1.807, 2.05) is 0 Å². The van der Waals surface area contributed by atoms with E-state index in [9.17, 15) is 4.79 Å². The van der Waals surface area contributed by atoms with Gasteiger partial charge in [0.2, 0.25) is 5.91 Å². The summed E-state index contributed by atoms with van der Waals surface area (Å²) in [7, 11) is 0. The second-order valence-electron chi connectivity index (χ2n) is 4.82. The Balaban J connectivity index is 2.66. The summed E-state index contributed by atoms with van der Waals surface area (Å²) in [6.07, 6.45) is 0. The van der Waals surface area contributed by atoms with Crippen LogP contribution in [0.4, 0.5) is 0 Å². The number of nitrogens with one attached hydrogen (secondary N) is 1. The molecule has 1 rings (SSSR count). The van der Waals surface area contributed by atoms with Crippen molar-refractivity contribution in [3.63, 3.8) is 0 Å². The Labute approximate surface area is 101 Å². The number of nitrogens with two attached hydrogens (primary N) is 1. The van der Waals surface area contributed by atoms with Crippen LogP contribution in [0.1, 0.15) is 31.2 Å². The van der Waals surface area contributed by atoms with Crippen LogP contribution in [0.5, 0.6) is 0 Å². The lowest BCUT2D eigenvalue weighted by molar-refractivity contribution is -0.122. The summed E-state index contributed by atoms with van der Waals surface area (Å²) in [5, 5.41) is 4.96. The van der Waals surface area contributed by atoms with Crippen molar-refractivity contribution in [2.75, 3.05) is 6.54 Å². The van der Waals surface area contributed by atoms with Crippen LogP contribution in [0.2, 0.25) is 0 Å². The molecule has 0 bridgehead atoms. The van der Waals surface area contributed by atoms with Crippen molar-refractivity contribution in [3.05, 3.63) is 21.9 Å². The number of amides is 1. The average molecular weight is 240 g/mol. The highest BCUT2D eigenvalue weighted by atomic mass is 32.1. The minimum Gasteiger partial charge on any atom is -0.354 e. The van der Waals surface area contributed by atoms with Gasteiger partial charge in [0.15, 0.2) is 0 Å². The normalized spacial score (nSPS) is 13.6. The molecular weight excluding hydrogens is 220 g/mol. The molecule has 90 valence electrons. The van der Waals surface area contributed by atoms with E-state index in [1.54, 1.807) is 18.3 Å². The van der Waals surface area contributed by atoms with E-state index in [0.717, 1.165) is 0 Å². The molecule has 0 aliphatic carbocycles. The fraction of sp³-hybridized carbons (Fsp3) is 0.583. The molecule has 1 atom stereocenters. The predicted molar refractivity (Wildman–Crippen MR) is 68.7 cm³/mol. The van der Waals surface area contributed by atoms with Gasteiger partial charge in [-0.15, -0.1) is 11.3 Å². The van der Waals surface area contributed by atoms with E-state index in [1.165, 1.54) is 10.4 Å². The predicted octanol–water partition coefficient (Wildman–Crippen LogP) is 1.80. The Morgan fingerprint density at radius 1 is 1.62 bits per heavy atom. The highest BCUT2D eigenvalue weighted by molar-refractivity contribution is 7.10. The van der Waals surface area contributed by atoms with E-state index < -0.39 is 6.04 Å². The van der Waals surface area contributed by atoms with Gasteiger partial charge in [0.1, 0.15) is 0 Å². The smallest absolute Gasteiger partial charge is 0.236 e. The molecule has 0 aliphatic heterocycles. The highest BCUT2D eigenvalue weighted by Gasteiger charge is 2.24. The van der Waals surface area contributed by atoms with E-state index in [2.05, 4.69) is 37.5 Å². The number of carbonyl (C=O) groups is 1. The van der Waals surface area contributed by atoms with E-state index in [-0.39, 0.29) is 11.3 Å². The molecule has 3 N–H and O–H groups in total. The highest BCUT2D eigenvalue weighted by Crippen LogP contribution is 2.30. The summed E-state index contributed by atoms with van der Waals surface area (Å²) in [6.45, 7) is 8.68. The molecule has 1 amide bonds. The van der Waals surface area contributed by atoms with Crippen molar-refractivity contribution in [1.82, 2.24) is 5.32 Å². The Morgan fingerprint density at radius 2 is 2.25 bits per heavy atom. The number of rotatable bonds is 4. The van der Waals surface area contributed by atoms with Gasteiger partial charge in [-0.3, -0.25) is 4.79 Å². The molecule has 4 heteroatoms. The second-order valence-corrected chi connectivity index (χ2v) is 5.74. The molecule has 1 heterocycles. The summed E-state index contributed by atoms with van der Waals surface area (Å²) in [5.74, 6) is -0.0951. The van der Waals surface area contributed by atoms with Gasteiger partial charge in [0, 0.05) is 16.8 Å². The maximum Gasteiger partial charge on any atom is 0.236 e. The summed E-state index contributed by atoms with van der Waals surface area (Å²) < 4.78 is 0. The van der Waals surface area contributed by atoms with Crippen LogP contribution in [0.15, 0.2) is 11.4 Å². The van der Waals surface area contributed by atoms with Gasteiger partial charge in [-0.1, -0.05) is 13.8 Å². The standard InChI is InChI=1S/C12H20N2OS/c1-8-5-6-16-10(8)12(3,4)7-14-11(15)9(2)13/h5-6,9H,7,13H2,1-4H3,(H,14,15). The lowest BCUT2D eigenvalue weighted by Crippen LogP contribution is -2.43. The van der Waals surface area contributed by atoms with Crippen molar-refractivity contribution in [1.29, 1.82) is 0 Å². The Hall–Kier alpha value is -0.870. The zero-order chi connectivity index (χ0) is 12.3. The first-order valence-electron chi connectivity index (χ1n) is 5.42. The maximum atomic E-state index is 11.4. The monoisotopic (exact) mass is 240 g/mol. The molecular formula is C12H20N2OS. The second kappa shape index (κ2) is 4.97. The van der Waals surface area contributed by atoms with Crippen molar-refractivity contribution < 1.29 is 4.79 Å². The zero-order valence-corrected chi connectivity index (χ0v) is 11.1. The summed E-state index contributed by atoms with van der Waals surface area (Å²) in [6, 6.07) is 1.66. The average Bonchev–Trinajstić information content (AvgIpc) is 2.61. The Bertz CT molecular complexity index is 369. The van der Waals surface area contributed by atoms with Crippen molar-refractivity contribution >= 4 is 17.2 Å². The molecule has 16 heavy (non-hydrogen) atoms. The SMILES string of the molecule is Cc1ccsc1C(C)(C)CNC(=O)C(C)N. The Kier molecular flexibility index (Phi) is 4.10. The first kappa shape index (κ1) is 13.2. The van der Waals surface area contributed by atoms with E-state index >= 15 is 0 Å². The van der Waals surface area contributed by atoms with Crippen molar-refractivity contribution in [2.45, 2.75) is 39.2 Å². The molecule has 1 unspecified atom stereocenters. The van der Waals surface area contributed by atoms with Crippen LogP contribution in [0, 0.1) is 6.92 Å². The van der Waals surface area contributed by atoms with Gasteiger partial charge < -0.3 is 11.1 Å². The summed E-state index contributed by atoms with van der Waals surface area (Å²) >= 11 is 1.73. The van der Waals surface area contributed by atoms with Gasteiger partial charge in [0.25, 0.3) is 0 Å². The van der Waals surface area contributed by atoms with E-state index in [4.69, 9.17) is 5.73 Å². The van der Waals surface area contributed by atoms with Crippen LogP contribution >= 0.6 is 11.3 Å². The fourth-order valence-electron chi connectivity index (χ4n) is 1.62. The first-order chi connectivity index (χ1) is 7.34. The van der Waals surface area contributed by atoms with Gasteiger partial charge in [-0.25, -0.2) is 0 Å². The van der Waals surface area contributed by atoms with Gasteiger partial charge >= 0.3 is 0 Å². The van der Waals surface area contributed by atoms with Gasteiger partial charge in [-0.05, 0) is 30.9 Å². The number of hydrogen-bond acceptors (Lipinski definition) is 3. The number of carbonyl (C=O) groups excluding carboxylic acids is 1. The minimum absolute atomic E-state index is 0.0389. The molecule has 0 saturated carbocycles. The van der Waals surface area contributed by atoms with Crippen LogP contribution in [-0.4, -0.2) is 18.5 Å². The van der Waals surface area contributed by atoms with Crippen LogP contribution in [0.3, 0.4) is 0 Å². The largest absolute Gasteiger partial charge is 0.354 e. The van der Waals surface area contributed by atoms with Crippen LogP contribution in [-0.2, 0) is 10.2 Å². The number of hydrogen-bond donors (Lipinski definition) is 2. The molecule has 0 saturated heterocycles. The first-order valence-corrected chi connectivity index (χ1v) is 6.30. The Morgan fingerprint density at radius 3 is 2.69 bits per heavy atom. The van der Waals surface area contributed by atoms with Crippen molar-refractivity contribution in [3.8, 4) is 0 Å². The third-order valence-corrected chi connectivity index (χ3v) is 3.98. The lowest BCUT2D eigenvalue weighted by atomic mass is 9.89. The topological polar surface area (TPSA) is 55.1 Å². The summed E-state index contributed by atoms with van der Waals surface area (Å²) in [5.41, 5.74) is 6.75. The summed E-state index contributed by atoms with van der Waals surface area (Å²) in [4.78, 5) is 12.7. The molecule has 0 aliphatic rings. The third-order valence-electron chi connectivity index (χ3n) is 2.59. The lowest BCUT2D eigenvalue weighted by Gasteiger charge is -2.25. The molecule has 0 aromatic carbocycles. The van der Waals surface area contributed by atoms with E-state index in [0.29, 0.717) is 6.54 Å². The molecule has 0 fully saturated rings. The molecule has 1 aromatic rings.